The van der Waals surface area contributed by atoms with E-state index in [-0.39, 0.29) is 23.2 Å². The summed E-state index contributed by atoms with van der Waals surface area (Å²) in [4.78, 5) is 16.7. The SMILES string of the molecule is Nc1nc(-c2cc(-c3ccoc3)ccc2O)cn(C2CCCNC2)c1=O. The fourth-order valence-corrected chi connectivity index (χ4v) is 3.35. The van der Waals surface area contributed by atoms with Crippen LogP contribution in [0.4, 0.5) is 5.82 Å². The van der Waals surface area contributed by atoms with Crippen LogP contribution in [0.15, 0.2) is 52.2 Å². The second-order valence-electron chi connectivity index (χ2n) is 6.47. The quantitative estimate of drug-likeness (QED) is 0.668. The number of hydrogen-bond acceptors (Lipinski definition) is 6. The van der Waals surface area contributed by atoms with Crippen LogP contribution in [0.25, 0.3) is 22.4 Å². The highest BCUT2D eigenvalue weighted by Crippen LogP contribution is 2.33. The number of nitrogens with two attached hydrogens (primary N) is 1. The lowest BCUT2D eigenvalue weighted by Gasteiger charge is -2.25. The molecular formula is C19H20N4O3. The first-order valence-corrected chi connectivity index (χ1v) is 8.59. The van der Waals surface area contributed by atoms with Crippen molar-refractivity contribution in [2.75, 3.05) is 18.8 Å². The number of nitrogens with zero attached hydrogens (tertiary/aromatic N) is 2. The van der Waals surface area contributed by atoms with E-state index in [0.717, 1.165) is 30.5 Å². The molecule has 4 N–H and O–H groups in total. The van der Waals surface area contributed by atoms with Gasteiger partial charge in [0.25, 0.3) is 5.56 Å². The van der Waals surface area contributed by atoms with Gasteiger partial charge in [-0.3, -0.25) is 4.79 Å². The summed E-state index contributed by atoms with van der Waals surface area (Å²) in [5, 5.41) is 13.6. The van der Waals surface area contributed by atoms with E-state index in [9.17, 15) is 9.90 Å². The third-order valence-electron chi connectivity index (χ3n) is 4.75. The van der Waals surface area contributed by atoms with Gasteiger partial charge in [-0.05, 0) is 43.1 Å². The summed E-state index contributed by atoms with van der Waals surface area (Å²) in [5.41, 5.74) is 8.35. The van der Waals surface area contributed by atoms with Crippen molar-refractivity contribution in [1.82, 2.24) is 14.9 Å². The Labute approximate surface area is 150 Å². The van der Waals surface area contributed by atoms with E-state index in [1.165, 1.54) is 0 Å². The molecule has 3 aromatic rings. The first-order valence-electron chi connectivity index (χ1n) is 8.59. The Morgan fingerprint density at radius 3 is 2.92 bits per heavy atom. The number of nitrogen functional groups attached to an aromatic ring is 1. The van der Waals surface area contributed by atoms with Crippen molar-refractivity contribution >= 4 is 5.82 Å². The molecule has 1 unspecified atom stereocenters. The van der Waals surface area contributed by atoms with Gasteiger partial charge in [0, 0.05) is 29.9 Å². The number of piperidine rings is 1. The predicted octanol–water partition coefficient (Wildman–Crippen LogP) is 2.38. The van der Waals surface area contributed by atoms with Crippen LogP contribution in [0.3, 0.4) is 0 Å². The van der Waals surface area contributed by atoms with Gasteiger partial charge in [0.05, 0.1) is 18.2 Å². The maximum Gasteiger partial charge on any atom is 0.293 e. The molecule has 4 rings (SSSR count). The monoisotopic (exact) mass is 352 g/mol. The molecule has 7 nitrogen and oxygen atoms in total. The minimum absolute atomic E-state index is 0.0273. The van der Waals surface area contributed by atoms with Crippen molar-refractivity contribution in [3.8, 4) is 28.1 Å². The molecule has 0 amide bonds. The van der Waals surface area contributed by atoms with Crippen LogP contribution < -0.4 is 16.6 Å². The first kappa shape index (κ1) is 16.4. The zero-order chi connectivity index (χ0) is 18.1. The Balaban J connectivity index is 1.82. The number of phenols is 1. The number of aromatic hydroxyl groups is 1. The maximum absolute atomic E-state index is 12.5. The van der Waals surface area contributed by atoms with Gasteiger partial charge < -0.3 is 25.1 Å². The average molecular weight is 352 g/mol. The zero-order valence-corrected chi connectivity index (χ0v) is 14.2. The fraction of sp³-hybridized carbons (Fsp3) is 0.263. The van der Waals surface area contributed by atoms with E-state index in [2.05, 4.69) is 10.3 Å². The summed E-state index contributed by atoms with van der Waals surface area (Å²) in [7, 11) is 0. The van der Waals surface area contributed by atoms with Gasteiger partial charge in [-0.25, -0.2) is 4.98 Å². The molecular weight excluding hydrogens is 332 g/mol. The van der Waals surface area contributed by atoms with E-state index in [1.54, 1.807) is 35.4 Å². The Hall–Kier alpha value is -3.06. The fourth-order valence-electron chi connectivity index (χ4n) is 3.35. The summed E-state index contributed by atoms with van der Waals surface area (Å²) in [6, 6.07) is 7.09. The number of benzene rings is 1. The van der Waals surface area contributed by atoms with E-state index in [0.29, 0.717) is 17.8 Å². The normalized spacial score (nSPS) is 17.3. The molecule has 3 heterocycles. The standard InChI is InChI=1S/C19H20N4O3/c20-18-19(25)23(14-2-1-6-21-9-14)10-16(22-18)15-8-12(3-4-17(15)24)13-5-7-26-11-13/h3-5,7-8,10-11,14,21,24H,1-2,6,9H2,(H2,20,22). The molecule has 1 saturated heterocycles. The van der Waals surface area contributed by atoms with Gasteiger partial charge >= 0.3 is 0 Å². The Kier molecular flexibility index (Phi) is 4.22. The number of aromatic nitrogens is 2. The molecule has 0 spiro atoms. The molecule has 0 radical (unpaired) electrons. The number of anilines is 1. The lowest BCUT2D eigenvalue weighted by atomic mass is 10.0. The maximum atomic E-state index is 12.5. The Morgan fingerprint density at radius 2 is 2.19 bits per heavy atom. The summed E-state index contributed by atoms with van der Waals surface area (Å²) >= 11 is 0. The number of hydrogen-bond donors (Lipinski definition) is 3. The van der Waals surface area contributed by atoms with Crippen LogP contribution in [-0.4, -0.2) is 27.7 Å². The van der Waals surface area contributed by atoms with Gasteiger partial charge in [0.1, 0.15) is 5.75 Å². The number of furan rings is 1. The molecule has 1 atom stereocenters. The van der Waals surface area contributed by atoms with Crippen LogP contribution in [0.1, 0.15) is 18.9 Å². The molecule has 0 saturated carbocycles. The Morgan fingerprint density at radius 1 is 1.31 bits per heavy atom. The molecule has 134 valence electrons. The highest BCUT2D eigenvalue weighted by atomic mass is 16.3. The van der Waals surface area contributed by atoms with Crippen molar-refractivity contribution in [2.24, 2.45) is 0 Å². The molecule has 1 aromatic carbocycles. The minimum Gasteiger partial charge on any atom is -0.507 e. The van der Waals surface area contributed by atoms with Gasteiger partial charge in [-0.2, -0.15) is 0 Å². The molecule has 2 aromatic heterocycles. The second kappa shape index (κ2) is 6.68. The number of nitrogens with one attached hydrogen (secondary N) is 1. The zero-order valence-electron chi connectivity index (χ0n) is 14.2. The largest absolute Gasteiger partial charge is 0.507 e. The van der Waals surface area contributed by atoms with E-state index >= 15 is 0 Å². The van der Waals surface area contributed by atoms with Crippen LogP contribution >= 0.6 is 0 Å². The van der Waals surface area contributed by atoms with Gasteiger partial charge in [0.2, 0.25) is 0 Å². The molecule has 0 aliphatic carbocycles. The van der Waals surface area contributed by atoms with Crippen molar-refractivity contribution in [2.45, 2.75) is 18.9 Å². The van der Waals surface area contributed by atoms with E-state index in [4.69, 9.17) is 10.2 Å². The summed E-state index contributed by atoms with van der Waals surface area (Å²) < 4.78 is 6.76. The van der Waals surface area contributed by atoms with Crippen LogP contribution in [-0.2, 0) is 0 Å². The predicted molar refractivity (Wildman–Crippen MR) is 98.9 cm³/mol. The third kappa shape index (κ3) is 2.97. The summed E-state index contributed by atoms with van der Waals surface area (Å²) in [6.07, 6.45) is 6.80. The van der Waals surface area contributed by atoms with Gasteiger partial charge in [-0.15, -0.1) is 0 Å². The second-order valence-corrected chi connectivity index (χ2v) is 6.47. The van der Waals surface area contributed by atoms with Crippen LogP contribution in [0.5, 0.6) is 5.75 Å². The van der Waals surface area contributed by atoms with E-state index in [1.807, 2.05) is 12.1 Å². The Bertz CT molecular complexity index is 973. The summed E-state index contributed by atoms with van der Waals surface area (Å²) in [6.45, 7) is 1.66. The van der Waals surface area contributed by atoms with Crippen molar-refractivity contribution < 1.29 is 9.52 Å². The highest BCUT2D eigenvalue weighted by molar-refractivity contribution is 5.75. The van der Waals surface area contributed by atoms with Crippen molar-refractivity contribution in [3.63, 3.8) is 0 Å². The molecule has 1 fully saturated rings. The van der Waals surface area contributed by atoms with Crippen molar-refractivity contribution in [3.05, 3.63) is 53.3 Å². The lowest BCUT2D eigenvalue weighted by molar-refractivity contribution is 0.364. The molecule has 0 bridgehead atoms. The van der Waals surface area contributed by atoms with Crippen molar-refractivity contribution in [1.29, 1.82) is 0 Å². The smallest absolute Gasteiger partial charge is 0.293 e. The van der Waals surface area contributed by atoms with E-state index < -0.39 is 0 Å². The minimum atomic E-state index is -0.298. The first-order chi connectivity index (χ1) is 12.6. The van der Waals surface area contributed by atoms with Crippen LogP contribution in [0, 0.1) is 0 Å². The highest BCUT2D eigenvalue weighted by Gasteiger charge is 2.19. The van der Waals surface area contributed by atoms with Crippen LogP contribution in [0.2, 0.25) is 0 Å². The molecule has 7 heteroatoms. The molecule has 26 heavy (non-hydrogen) atoms. The topological polar surface area (TPSA) is 106 Å². The number of phenolic OH excluding ortho intramolecular Hbond substituents is 1. The number of rotatable bonds is 3. The van der Waals surface area contributed by atoms with Gasteiger partial charge in [0.15, 0.2) is 5.82 Å². The lowest BCUT2D eigenvalue weighted by Crippen LogP contribution is -2.37. The summed E-state index contributed by atoms with van der Waals surface area (Å²) in [5.74, 6) is 0.0114. The third-order valence-corrected chi connectivity index (χ3v) is 4.75. The average Bonchev–Trinajstić information content (AvgIpc) is 3.20. The molecule has 1 aliphatic heterocycles. The van der Waals surface area contributed by atoms with Gasteiger partial charge in [-0.1, -0.05) is 6.07 Å². The molecule has 1 aliphatic rings.